The largest absolute Gasteiger partial charge is 0.342 e. The monoisotopic (exact) mass is 328 g/mol. The van der Waals surface area contributed by atoms with Crippen LogP contribution >= 0.6 is 0 Å². The summed E-state index contributed by atoms with van der Waals surface area (Å²) in [5.41, 5.74) is 0.796. The van der Waals surface area contributed by atoms with Gasteiger partial charge in [0.05, 0.1) is 6.54 Å². The molecule has 4 nitrogen and oxygen atoms in total. The number of hydrogen-bond acceptors (Lipinski definition) is 3. The van der Waals surface area contributed by atoms with Gasteiger partial charge in [-0.2, -0.15) is 0 Å². The predicted octanol–water partition coefficient (Wildman–Crippen LogP) is 2.84. The number of rotatable bonds is 4. The molecule has 0 spiro atoms. The van der Waals surface area contributed by atoms with Crippen molar-refractivity contribution in [2.45, 2.75) is 32.6 Å². The zero-order valence-corrected chi connectivity index (χ0v) is 14.6. The molecule has 2 aliphatic heterocycles. The number of carbonyl (C=O) groups excluding carboxylic acids is 2. The Kier molecular flexibility index (Phi) is 5.67. The highest BCUT2D eigenvalue weighted by Gasteiger charge is 2.29. The van der Waals surface area contributed by atoms with Gasteiger partial charge < -0.3 is 4.90 Å². The number of hydrogen-bond donors (Lipinski definition) is 0. The molecule has 1 aromatic rings. The van der Waals surface area contributed by atoms with Gasteiger partial charge in [-0.1, -0.05) is 37.3 Å². The summed E-state index contributed by atoms with van der Waals surface area (Å²) in [5.74, 6) is 1.31. The van der Waals surface area contributed by atoms with Crippen molar-refractivity contribution in [2.75, 3.05) is 32.7 Å². The van der Waals surface area contributed by atoms with E-state index >= 15 is 0 Å². The predicted molar refractivity (Wildman–Crippen MR) is 94.9 cm³/mol. The van der Waals surface area contributed by atoms with Gasteiger partial charge in [-0.25, -0.2) is 0 Å². The van der Waals surface area contributed by atoms with Crippen LogP contribution in [0.1, 0.15) is 43.0 Å². The first kappa shape index (κ1) is 17.2. The molecule has 130 valence electrons. The third-order valence-electron chi connectivity index (χ3n) is 5.51. The van der Waals surface area contributed by atoms with Crippen LogP contribution in [0.4, 0.5) is 0 Å². The molecular formula is C20H28N2O2. The first-order valence-corrected chi connectivity index (χ1v) is 9.23. The standard InChI is InChI=1S/C20H28N2O2/c1-16-7-11-21(12-8-16)15-19(23)22-13-9-18(10-14-22)20(24)17-5-3-2-4-6-17/h2-6,16,18H,7-15H2,1H3. The molecule has 0 saturated carbocycles. The molecule has 0 aliphatic carbocycles. The Labute approximate surface area is 144 Å². The minimum Gasteiger partial charge on any atom is -0.342 e. The first-order valence-electron chi connectivity index (χ1n) is 9.23. The van der Waals surface area contributed by atoms with E-state index in [9.17, 15) is 9.59 Å². The summed E-state index contributed by atoms with van der Waals surface area (Å²) in [6, 6.07) is 9.52. The molecule has 0 aromatic heterocycles. The highest BCUT2D eigenvalue weighted by atomic mass is 16.2. The molecule has 0 radical (unpaired) electrons. The maximum atomic E-state index is 12.5. The third kappa shape index (κ3) is 4.23. The Bertz CT molecular complexity index is 556. The van der Waals surface area contributed by atoms with Crippen molar-refractivity contribution in [1.29, 1.82) is 0 Å². The SMILES string of the molecule is CC1CCN(CC(=O)N2CCC(C(=O)c3ccccc3)CC2)CC1. The summed E-state index contributed by atoms with van der Waals surface area (Å²) in [6.07, 6.45) is 3.97. The van der Waals surface area contributed by atoms with E-state index in [4.69, 9.17) is 0 Å². The van der Waals surface area contributed by atoms with Crippen LogP contribution in [0.3, 0.4) is 0 Å². The Balaban J connectivity index is 1.46. The normalized spacial score (nSPS) is 21.0. The molecule has 2 heterocycles. The van der Waals surface area contributed by atoms with Gasteiger partial charge in [0.25, 0.3) is 0 Å². The Morgan fingerprint density at radius 3 is 2.21 bits per heavy atom. The van der Waals surface area contributed by atoms with E-state index in [1.807, 2.05) is 35.2 Å². The molecule has 2 saturated heterocycles. The van der Waals surface area contributed by atoms with Gasteiger partial charge >= 0.3 is 0 Å². The average molecular weight is 328 g/mol. The van der Waals surface area contributed by atoms with Crippen molar-refractivity contribution < 1.29 is 9.59 Å². The van der Waals surface area contributed by atoms with E-state index in [2.05, 4.69) is 11.8 Å². The molecule has 24 heavy (non-hydrogen) atoms. The van der Waals surface area contributed by atoms with E-state index in [1.54, 1.807) is 0 Å². The maximum Gasteiger partial charge on any atom is 0.236 e. The van der Waals surface area contributed by atoms with Gasteiger partial charge in [0.2, 0.25) is 5.91 Å². The lowest BCUT2D eigenvalue weighted by Crippen LogP contribution is -2.46. The number of Topliss-reactive ketones (excluding diaryl/α,β-unsaturated/α-hetero) is 1. The number of benzene rings is 1. The average Bonchev–Trinajstić information content (AvgIpc) is 2.64. The lowest BCUT2D eigenvalue weighted by Gasteiger charge is -2.35. The first-order chi connectivity index (χ1) is 11.6. The van der Waals surface area contributed by atoms with E-state index in [-0.39, 0.29) is 17.6 Å². The topological polar surface area (TPSA) is 40.6 Å². The van der Waals surface area contributed by atoms with Crippen molar-refractivity contribution >= 4 is 11.7 Å². The minimum atomic E-state index is 0.0623. The molecular weight excluding hydrogens is 300 g/mol. The van der Waals surface area contributed by atoms with Gasteiger partial charge in [-0.3, -0.25) is 14.5 Å². The van der Waals surface area contributed by atoms with Gasteiger partial charge in [0, 0.05) is 24.6 Å². The van der Waals surface area contributed by atoms with Gasteiger partial charge in [-0.15, -0.1) is 0 Å². The van der Waals surface area contributed by atoms with Crippen LogP contribution in [-0.2, 0) is 4.79 Å². The Morgan fingerprint density at radius 1 is 0.958 bits per heavy atom. The molecule has 1 amide bonds. The van der Waals surface area contributed by atoms with Crippen molar-refractivity contribution in [3.63, 3.8) is 0 Å². The third-order valence-corrected chi connectivity index (χ3v) is 5.51. The van der Waals surface area contributed by atoms with E-state index in [0.29, 0.717) is 19.6 Å². The zero-order valence-electron chi connectivity index (χ0n) is 14.6. The van der Waals surface area contributed by atoms with Gasteiger partial charge in [0.15, 0.2) is 5.78 Å². The molecule has 0 unspecified atom stereocenters. The number of amides is 1. The maximum absolute atomic E-state index is 12.5. The van der Waals surface area contributed by atoms with Crippen LogP contribution < -0.4 is 0 Å². The molecule has 1 aromatic carbocycles. The van der Waals surface area contributed by atoms with E-state index in [0.717, 1.165) is 37.4 Å². The summed E-state index contributed by atoms with van der Waals surface area (Å²) in [5, 5.41) is 0. The molecule has 2 aliphatic rings. The molecule has 0 N–H and O–H groups in total. The van der Waals surface area contributed by atoms with Gasteiger partial charge in [-0.05, 0) is 44.7 Å². The second kappa shape index (κ2) is 7.93. The Morgan fingerprint density at radius 2 is 1.58 bits per heavy atom. The summed E-state index contributed by atoms with van der Waals surface area (Å²) in [7, 11) is 0. The van der Waals surface area contributed by atoms with Crippen LogP contribution in [0.5, 0.6) is 0 Å². The smallest absolute Gasteiger partial charge is 0.236 e. The second-order valence-corrected chi connectivity index (χ2v) is 7.34. The highest BCUT2D eigenvalue weighted by Crippen LogP contribution is 2.22. The van der Waals surface area contributed by atoms with Crippen molar-refractivity contribution in [3.8, 4) is 0 Å². The van der Waals surface area contributed by atoms with Crippen molar-refractivity contribution in [1.82, 2.24) is 9.80 Å². The number of likely N-dealkylation sites (tertiary alicyclic amines) is 2. The summed E-state index contributed by atoms with van der Waals surface area (Å²) >= 11 is 0. The Hall–Kier alpha value is -1.68. The van der Waals surface area contributed by atoms with Crippen LogP contribution in [0.15, 0.2) is 30.3 Å². The van der Waals surface area contributed by atoms with E-state index < -0.39 is 0 Å². The molecule has 4 heteroatoms. The van der Waals surface area contributed by atoms with Crippen LogP contribution in [0, 0.1) is 11.8 Å². The van der Waals surface area contributed by atoms with Gasteiger partial charge in [0.1, 0.15) is 0 Å². The quantitative estimate of drug-likeness (QED) is 0.798. The fraction of sp³-hybridized carbons (Fsp3) is 0.600. The molecule has 0 atom stereocenters. The lowest BCUT2D eigenvalue weighted by molar-refractivity contribution is -0.134. The fourth-order valence-electron chi connectivity index (χ4n) is 3.74. The lowest BCUT2D eigenvalue weighted by atomic mass is 9.89. The minimum absolute atomic E-state index is 0.0623. The fourth-order valence-corrected chi connectivity index (χ4v) is 3.74. The highest BCUT2D eigenvalue weighted by molar-refractivity contribution is 5.98. The van der Waals surface area contributed by atoms with E-state index in [1.165, 1.54) is 12.8 Å². The number of carbonyl (C=O) groups is 2. The molecule has 0 bridgehead atoms. The summed E-state index contributed by atoms with van der Waals surface area (Å²) < 4.78 is 0. The van der Waals surface area contributed by atoms with Crippen LogP contribution in [0.25, 0.3) is 0 Å². The molecule has 2 fully saturated rings. The molecule has 3 rings (SSSR count). The summed E-state index contributed by atoms with van der Waals surface area (Å²) in [4.78, 5) is 29.2. The van der Waals surface area contributed by atoms with Crippen LogP contribution in [0.2, 0.25) is 0 Å². The number of ketones is 1. The number of nitrogens with zero attached hydrogens (tertiary/aromatic N) is 2. The van der Waals surface area contributed by atoms with Crippen molar-refractivity contribution in [2.24, 2.45) is 11.8 Å². The second-order valence-electron chi connectivity index (χ2n) is 7.34. The number of piperidine rings is 2. The summed E-state index contributed by atoms with van der Waals surface area (Å²) in [6.45, 7) is 6.34. The zero-order chi connectivity index (χ0) is 16.9. The van der Waals surface area contributed by atoms with Crippen LogP contribution in [-0.4, -0.2) is 54.2 Å². The van der Waals surface area contributed by atoms with Crippen molar-refractivity contribution in [3.05, 3.63) is 35.9 Å².